The van der Waals surface area contributed by atoms with Crippen LogP contribution in [0.2, 0.25) is 5.02 Å². The van der Waals surface area contributed by atoms with Crippen molar-refractivity contribution in [3.63, 3.8) is 0 Å². The summed E-state index contributed by atoms with van der Waals surface area (Å²) in [6, 6.07) is 6.27. The Hall–Kier alpha value is -1.32. The number of hydrogen-bond donors (Lipinski definition) is 1. The maximum absolute atomic E-state index is 6.47. The Morgan fingerprint density at radius 3 is 2.85 bits per heavy atom. The fourth-order valence-corrected chi connectivity index (χ4v) is 2.62. The zero-order valence-corrected chi connectivity index (χ0v) is 13.1. The summed E-state index contributed by atoms with van der Waals surface area (Å²) in [5, 5.41) is 8.76. The van der Waals surface area contributed by atoms with E-state index in [4.69, 9.17) is 11.6 Å². The minimum Gasteiger partial charge on any atom is -0.306 e. The molecule has 1 atom stereocenters. The number of nitrogens with zero attached hydrogens (tertiary/aromatic N) is 2. The van der Waals surface area contributed by atoms with Gasteiger partial charge in [0.1, 0.15) is 0 Å². The molecular formula is C16H22ClN3. The molecule has 4 heteroatoms. The van der Waals surface area contributed by atoms with Crippen molar-refractivity contribution in [2.24, 2.45) is 0 Å². The quantitative estimate of drug-likeness (QED) is 0.873. The van der Waals surface area contributed by atoms with Crippen LogP contribution in [0.5, 0.6) is 0 Å². The van der Waals surface area contributed by atoms with Gasteiger partial charge in [0.2, 0.25) is 0 Å². The van der Waals surface area contributed by atoms with Gasteiger partial charge in [-0.2, -0.15) is 5.10 Å². The highest BCUT2D eigenvalue weighted by atomic mass is 35.5. The Bertz CT molecular complexity index is 563. The van der Waals surface area contributed by atoms with Crippen molar-refractivity contribution >= 4 is 11.6 Å². The summed E-state index contributed by atoms with van der Waals surface area (Å²) in [6.45, 7) is 8.12. The van der Waals surface area contributed by atoms with Crippen molar-refractivity contribution in [2.75, 3.05) is 6.54 Å². The smallest absolute Gasteiger partial charge is 0.0622 e. The second-order valence-corrected chi connectivity index (χ2v) is 5.38. The van der Waals surface area contributed by atoms with Crippen molar-refractivity contribution in [3.05, 3.63) is 52.3 Å². The largest absolute Gasteiger partial charge is 0.306 e. The maximum Gasteiger partial charge on any atom is 0.0622 e. The zero-order chi connectivity index (χ0) is 14.5. The van der Waals surface area contributed by atoms with Crippen LogP contribution in [0.25, 0.3) is 0 Å². The van der Waals surface area contributed by atoms with E-state index in [1.165, 1.54) is 0 Å². The highest BCUT2D eigenvalue weighted by Crippen LogP contribution is 2.30. The molecule has 0 saturated heterocycles. The molecule has 3 nitrogen and oxygen atoms in total. The van der Waals surface area contributed by atoms with Gasteiger partial charge < -0.3 is 5.32 Å². The third-order valence-corrected chi connectivity index (χ3v) is 3.90. The summed E-state index contributed by atoms with van der Waals surface area (Å²) < 4.78 is 1.99. The van der Waals surface area contributed by atoms with Gasteiger partial charge >= 0.3 is 0 Å². The van der Waals surface area contributed by atoms with Crippen molar-refractivity contribution < 1.29 is 0 Å². The van der Waals surface area contributed by atoms with E-state index >= 15 is 0 Å². The molecule has 1 N–H and O–H groups in total. The molecule has 1 heterocycles. The molecule has 0 aliphatic carbocycles. The first-order valence-electron chi connectivity index (χ1n) is 7.18. The normalized spacial score (nSPS) is 12.6. The minimum absolute atomic E-state index is 0.0954. The molecule has 0 aliphatic rings. The predicted molar refractivity (Wildman–Crippen MR) is 84.2 cm³/mol. The highest BCUT2D eigenvalue weighted by molar-refractivity contribution is 6.32. The summed E-state index contributed by atoms with van der Waals surface area (Å²) in [7, 11) is 0. The number of halogens is 1. The van der Waals surface area contributed by atoms with E-state index in [-0.39, 0.29) is 6.04 Å². The van der Waals surface area contributed by atoms with Gasteiger partial charge in [-0.1, -0.05) is 43.6 Å². The van der Waals surface area contributed by atoms with Crippen LogP contribution >= 0.6 is 11.6 Å². The monoisotopic (exact) mass is 291 g/mol. The number of rotatable bonds is 6. The molecule has 0 amide bonds. The second kappa shape index (κ2) is 6.91. The molecule has 2 aromatic rings. The van der Waals surface area contributed by atoms with Crippen LogP contribution < -0.4 is 5.32 Å². The van der Waals surface area contributed by atoms with E-state index in [0.29, 0.717) is 0 Å². The molecule has 0 fully saturated rings. The van der Waals surface area contributed by atoms with E-state index in [1.807, 2.05) is 23.9 Å². The molecule has 0 bridgehead atoms. The van der Waals surface area contributed by atoms with Gasteiger partial charge in [0.25, 0.3) is 0 Å². The molecule has 108 valence electrons. The Balaban J connectivity index is 2.36. The van der Waals surface area contributed by atoms with Crippen LogP contribution in [0.15, 0.2) is 30.6 Å². The molecule has 1 unspecified atom stereocenters. The Kier molecular flexibility index (Phi) is 5.21. The van der Waals surface area contributed by atoms with Crippen LogP contribution in [0.4, 0.5) is 0 Å². The van der Waals surface area contributed by atoms with Crippen LogP contribution in [0.3, 0.4) is 0 Å². The van der Waals surface area contributed by atoms with Gasteiger partial charge in [0.15, 0.2) is 0 Å². The summed E-state index contributed by atoms with van der Waals surface area (Å²) in [5.41, 5.74) is 3.38. The topological polar surface area (TPSA) is 29.9 Å². The molecular weight excluding hydrogens is 270 g/mol. The van der Waals surface area contributed by atoms with Crippen molar-refractivity contribution in [1.82, 2.24) is 15.1 Å². The fraction of sp³-hybridized carbons (Fsp3) is 0.438. The van der Waals surface area contributed by atoms with E-state index in [9.17, 15) is 0 Å². The Morgan fingerprint density at radius 1 is 1.35 bits per heavy atom. The van der Waals surface area contributed by atoms with Gasteiger partial charge in [-0.25, -0.2) is 0 Å². The second-order valence-electron chi connectivity index (χ2n) is 5.01. The number of hydrogen-bond acceptors (Lipinski definition) is 2. The minimum atomic E-state index is 0.0954. The molecule has 0 saturated carbocycles. The van der Waals surface area contributed by atoms with Gasteiger partial charge in [0, 0.05) is 23.3 Å². The SMILES string of the molecule is CCCn1cc(C(NCC)c2cccc(C)c2Cl)cn1. The molecule has 1 aromatic carbocycles. The predicted octanol–water partition coefficient (Wildman–Crippen LogP) is 3.95. The summed E-state index contributed by atoms with van der Waals surface area (Å²) in [6.07, 6.45) is 5.12. The lowest BCUT2D eigenvalue weighted by molar-refractivity contribution is 0.597. The van der Waals surface area contributed by atoms with Gasteiger partial charge in [-0.05, 0) is 31.0 Å². The van der Waals surface area contributed by atoms with Crippen LogP contribution in [0.1, 0.15) is 43.0 Å². The molecule has 2 rings (SSSR count). The van der Waals surface area contributed by atoms with Crippen LogP contribution in [0, 0.1) is 6.92 Å². The molecule has 20 heavy (non-hydrogen) atoms. The lowest BCUT2D eigenvalue weighted by Gasteiger charge is -2.19. The zero-order valence-electron chi connectivity index (χ0n) is 12.4. The standard InChI is InChI=1S/C16H22ClN3/c1-4-9-20-11-13(10-19-20)16(18-5-2)14-8-6-7-12(3)15(14)17/h6-8,10-11,16,18H,4-5,9H2,1-3H3. The molecule has 0 aliphatic heterocycles. The van der Waals surface area contributed by atoms with Gasteiger partial charge in [-0.3, -0.25) is 4.68 Å². The van der Waals surface area contributed by atoms with Gasteiger partial charge in [-0.15, -0.1) is 0 Å². The van der Waals surface area contributed by atoms with E-state index in [0.717, 1.165) is 41.2 Å². The fourth-order valence-electron chi connectivity index (χ4n) is 2.38. The van der Waals surface area contributed by atoms with Crippen LogP contribution in [-0.2, 0) is 6.54 Å². The van der Waals surface area contributed by atoms with E-state index < -0.39 is 0 Å². The molecule has 0 spiro atoms. The molecule has 0 radical (unpaired) electrons. The summed E-state index contributed by atoms with van der Waals surface area (Å²) in [4.78, 5) is 0. The number of nitrogens with one attached hydrogen (secondary N) is 1. The lowest BCUT2D eigenvalue weighted by atomic mass is 9.99. The van der Waals surface area contributed by atoms with Crippen molar-refractivity contribution in [2.45, 2.75) is 39.8 Å². The Labute approximate surface area is 126 Å². The lowest BCUT2D eigenvalue weighted by Crippen LogP contribution is -2.22. The first-order chi connectivity index (χ1) is 9.67. The summed E-state index contributed by atoms with van der Waals surface area (Å²) >= 11 is 6.47. The van der Waals surface area contributed by atoms with Gasteiger partial charge in [0.05, 0.1) is 12.2 Å². The van der Waals surface area contributed by atoms with Crippen molar-refractivity contribution in [3.8, 4) is 0 Å². The molecule has 1 aromatic heterocycles. The number of benzene rings is 1. The average molecular weight is 292 g/mol. The number of aryl methyl sites for hydroxylation is 2. The third kappa shape index (κ3) is 3.22. The first-order valence-corrected chi connectivity index (χ1v) is 7.55. The first kappa shape index (κ1) is 15.1. The third-order valence-electron chi connectivity index (χ3n) is 3.38. The van der Waals surface area contributed by atoms with Crippen LogP contribution in [-0.4, -0.2) is 16.3 Å². The highest BCUT2D eigenvalue weighted by Gasteiger charge is 2.18. The van der Waals surface area contributed by atoms with E-state index in [1.54, 1.807) is 0 Å². The van der Waals surface area contributed by atoms with E-state index in [2.05, 4.69) is 42.6 Å². The maximum atomic E-state index is 6.47. The Morgan fingerprint density at radius 2 is 2.15 bits per heavy atom. The number of aromatic nitrogens is 2. The summed E-state index contributed by atoms with van der Waals surface area (Å²) in [5.74, 6) is 0. The van der Waals surface area contributed by atoms with Crippen molar-refractivity contribution in [1.29, 1.82) is 0 Å². The average Bonchev–Trinajstić information content (AvgIpc) is 2.88.